The van der Waals surface area contributed by atoms with Gasteiger partial charge in [0.15, 0.2) is 0 Å². The molecule has 22 heavy (non-hydrogen) atoms. The minimum atomic E-state index is 0.0362. The van der Waals surface area contributed by atoms with E-state index in [9.17, 15) is 5.11 Å². The highest BCUT2D eigenvalue weighted by Crippen LogP contribution is 2.34. The molecule has 0 aromatic rings. The van der Waals surface area contributed by atoms with Gasteiger partial charge in [-0.2, -0.15) is 0 Å². The van der Waals surface area contributed by atoms with Gasteiger partial charge >= 0.3 is 0 Å². The standard InChI is InChI=1S/C18H31N3O/c1-14-7-6-9-15(14)8-4-3-5-10-16-17(22)13-20-18(11-12-19)21(16)2/h11-16,22H,3-10,19H2,1-2H3/t14?,15-,16?/m1/s1. The fourth-order valence-corrected chi connectivity index (χ4v) is 3.83. The Morgan fingerprint density at radius 1 is 1.32 bits per heavy atom. The molecule has 0 bridgehead atoms. The first-order valence-electron chi connectivity index (χ1n) is 8.71. The van der Waals surface area contributed by atoms with E-state index in [4.69, 9.17) is 5.73 Å². The Morgan fingerprint density at radius 3 is 2.77 bits per heavy atom. The number of hydrogen-bond acceptors (Lipinski definition) is 4. The number of aliphatic hydroxyl groups excluding tert-OH is 1. The Balaban J connectivity index is 1.70. The van der Waals surface area contributed by atoms with Gasteiger partial charge in [0, 0.05) is 7.05 Å². The second-order valence-electron chi connectivity index (χ2n) is 6.83. The third-order valence-corrected chi connectivity index (χ3v) is 5.34. The molecule has 0 spiro atoms. The second-order valence-corrected chi connectivity index (χ2v) is 6.83. The molecule has 0 saturated heterocycles. The van der Waals surface area contributed by atoms with Crippen molar-refractivity contribution in [2.45, 2.75) is 64.3 Å². The van der Waals surface area contributed by atoms with Crippen LogP contribution >= 0.6 is 0 Å². The molecule has 1 saturated carbocycles. The van der Waals surface area contributed by atoms with E-state index in [0.29, 0.717) is 5.76 Å². The van der Waals surface area contributed by atoms with Crippen molar-refractivity contribution in [3.8, 4) is 0 Å². The summed E-state index contributed by atoms with van der Waals surface area (Å²) in [7, 11) is 1.97. The van der Waals surface area contributed by atoms with Crippen molar-refractivity contribution in [3.05, 3.63) is 24.2 Å². The summed E-state index contributed by atoms with van der Waals surface area (Å²) in [5.74, 6) is 3.06. The number of unbranched alkanes of at least 4 members (excludes halogenated alkanes) is 2. The molecule has 0 amide bonds. The summed E-state index contributed by atoms with van der Waals surface area (Å²) in [5.41, 5.74) is 5.44. The van der Waals surface area contributed by atoms with Gasteiger partial charge in [0.05, 0.1) is 12.2 Å². The second kappa shape index (κ2) is 8.25. The highest BCUT2D eigenvalue weighted by Gasteiger charge is 2.24. The maximum atomic E-state index is 10.0. The Hall–Kier alpha value is -1.45. The normalized spacial score (nSPS) is 29.0. The van der Waals surface area contributed by atoms with Crippen molar-refractivity contribution in [3.63, 3.8) is 0 Å². The molecular weight excluding hydrogens is 274 g/mol. The molecule has 3 N–H and O–H groups in total. The zero-order chi connectivity index (χ0) is 15.9. The van der Waals surface area contributed by atoms with Gasteiger partial charge in [-0.1, -0.05) is 51.9 Å². The van der Waals surface area contributed by atoms with E-state index in [2.05, 4.69) is 11.9 Å². The van der Waals surface area contributed by atoms with Gasteiger partial charge in [-0.05, 0) is 30.5 Å². The van der Waals surface area contributed by atoms with E-state index in [1.807, 2.05) is 11.9 Å². The summed E-state index contributed by atoms with van der Waals surface area (Å²) in [6.45, 7) is 2.41. The van der Waals surface area contributed by atoms with Crippen molar-refractivity contribution >= 4 is 5.84 Å². The number of nitrogens with zero attached hydrogens (tertiary/aromatic N) is 2. The third-order valence-electron chi connectivity index (χ3n) is 5.34. The van der Waals surface area contributed by atoms with Gasteiger partial charge in [-0.15, -0.1) is 0 Å². The van der Waals surface area contributed by atoms with Gasteiger partial charge in [-0.25, -0.2) is 4.99 Å². The van der Waals surface area contributed by atoms with Crippen LogP contribution in [0.4, 0.5) is 0 Å². The van der Waals surface area contributed by atoms with Crippen molar-refractivity contribution < 1.29 is 5.11 Å². The summed E-state index contributed by atoms with van der Waals surface area (Å²) < 4.78 is 0. The lowest BCUT2D eigenvalue weighted by Gasteiger charge is -2.31. The molecule has 0 aromatic carbocycles. The van der Waals surface area contributed by atoms with Crippen LogP contribution in [0, 0.1) is 11.8 Å². The van der Waals surface area contributed by atoms with Gasteiger partial charge in [0.25, 0.3) is 0 Å². The zero-order valence-corrected chi connectivity index (χ0v) is 14.0. The summed E-state index contributed by atoms with van der Waals surface area (Å²) >= 11 is 0. The SMILES string of the molecule is CC1CCC[C@H]1CCCCCC1C(O)=CN=C(C=CN)N1C. The van der Waals surface area contributed by atoms with Crippen LogP contribution in [-0.2, 0) is 0 Å². The molecule has 4 heteroatoms. The lowest BCUT2D eigenvalue weighted by molar-refractivity contribution is 0.258. The summed E-state index contributed by atoms with van der Waals surface area (Å²) in [6.07, 6.45) is 15.2. The average molecular weight is 305 g/mol. The monoisotopic (exact) mass is 305 g/mol. The number of amidine groups is 1. The molecule has 1 fully saturated rings. The molecule has 1 aliphatic heterocycles. The topological polar surface area (TPSA) is 61.9 Å². The average Bonchev–Trinajstić information content (AvgIpc) is 2.90. The van der Waals surface area contributed by atoms with E-state index in [0.717, 1.165) is 30.5 Å². The minimum absolute atomic E-state index is 0.0362. The molecule has 1 aliphatic carbocycles. The molecule has 2 unspecified atom stereocenters. The maximum Gasteiger partial charge on any atom is 0.133 e. The number of aliphatic hydroxyl groups is 1. The first kappa shape index (κ1) is 16.9. The molecule has 2 rings (SSSR count). The van der Waals surface area contributed by atoms with Crippen molar-refractivity contribution in [2.75, 3.05) is 7.05 Å². The molecule has 4 nitrogen and oxygen atoms in total. The van der Waals surface area contributed by atoms with Gasteiger partial charge in [0.2, 0.25) is 0 Å². The third kappa shape index (κ3) is 4.28. The Kier molecular flexibility index (Phi) is 6.34. The van der Waals surface area contributed by atoms with Crippen LogP contribution in [0.1, 0.15) is 58.3 Å². The number of nitrogens with two attached hydrogens (primary N) is 1. The molecule has 2 aliphatic rings. The van der Waals surface area contributed by atoms with Crippen molar-refractivity contribution in [1.82, 2.24) is 4.90 Å². The summed E-state index contributed by atoms with van der Waals surface area (Å²) in [6, 6.07) is 0.0362. The number of hydrogen-bond donors (Lipinski definition) is 2. The molecule has 3 atom stereocenters. The Morgan fingerprint density at radius 2 is 2.09 bits per heavy atom. The largest absolute Gasteiger partial charge is 0.508 e. The minimum Gasteiger partial charge on any atom is -0.508 e. The van der Waals surface area contributed by atoms with Crippen LogP contribution in [0.15, 0.2) is 29.2 Å². The molecule has 1 heterocycles. The van der Waals surface area contributed by atoms with Gasteiger partial charge in [-0.3, -0.25) is 0 Å². The summed E-state index contributed by atoms with van der Waals surface area (Å²) in [4.78, 5) is 6.21. The molecule has 0 radical (unpaired) electrons. The number of likely N-dealkylation sites (N-methyl/N-ethyl adjacent to an activating group) is 1. The molecular formula is C18H31N3O. The van der Waals surface area contributed by atoms with Crippen LogP contribution in [0.25, 0.3) is 0 Å². The van der Waals surface area contributed by atoms with Crippen molar-refractivity contribution in [1.29, 1.82) is 0 Å². The number of rotatable bonds is 7. The van der Waals surface area contributed by atoms with Crippen LogP contribution in [0.5, 0.6) is 0 Å². The quantitative estimate of drug-likeness (QED) is 0.700. The van der Waals surface area contributed by atoms with E-state index >= 15 is 0 Å². The number of aliphatic imine (C=N–C) groups is 1. The zero-order valence-electron chi connectivity index (χ0n) is 14.0. The van der Waals surface area contributed by atoms with Crippen LogP contribution < -0.4 is 5.73 Å². The smallest absolute Gasteiger partial charge is 0.133 e. The van der Waals surface area contributed by atoms with Crippen molar-refractivity contribution in [2.24, 2.45) is 22.6 Å². The fraction of sp³-hybridized carbons (Fsp3) is 0.722. The van der Waals surface area contributed by atoms with Crippen LogP contribution in [-0.4, -0.2) is 28.9 Å². The highest BCUT2D eigenvalue weighted by atomic mass is 16.3. The molecule has 0 aromatic heterocycles. The molecule has 124 valence electrons. The Labute approximate surface area is 134 Å². The van der Waals surface area contributed by atoms with Gasteiger partial charge in [0.1, 0.15) is 11.6 Å². The van der Waals surface area contributed by atoms with Gasteiger partial charge < -0.3 is 15.7 Å². The van der Waals surface area contributed by atoms with Crippen LogP contribution in [0.2, 0.25) is 0 Å². The predicted molar refractivity (Wildman–Crippen MR) is 92.6 cm³/mol. The van der Waals surface area contributed by atoms with E-state index < -0.39 is 0 Å². The maximum absolute atomic E-state index is 10.0. The van der Waals surface area contributed by atoms with Crippen LogP contribution in [0.3, 0.4) is 0 Å². The summed E-state index contributed by atoms with van der Waals surface area (Å²) in [5, 5.41) is 10.0. The van der Waals surface area contributed by atoms with E-state index in [1.54, 1.807) is 12.3 Å². The lowest BCUT2D eigenvalue weighted by atomic mass is 9.91. The predicted octanol–water partition coefficient (Wildman–Crippen LogP) is 3.96. The lowest BCUT2D eigenvalue weighted by Crippen LogP contribution is -2.39. The first-order chi connectivity index (χ1) is 10.6. The fourth-order valence-electron chi connectivity index (χ4n) is 3.83. The van der Waals surface area contributed by atoms with E-state index in [1.165, 1.54) is 44.7 Å². The Bertz CT molecular complexity index is 442. The first-order valence-corrected chi connectivity index (χ1v) is 8.71. The van der Waals surface area contributed by atoms with E-state index in [-0.39, 0.29) is 6.04 Å². The highest BCUT2D eigenvalue weighted by molar-refractivity contribution is 5.94.